The fourth-order valence-corrected chi connectivity index (χ4v) is 1.36. The van der Waals surface area contributed by atoms with E-state index in [1.807, 2.05) is 6.07 Å². The molecule has 86 valence electrons. The highest BCUT2D eigenvalue weighted by atomic mass is 79.9. The molecule has 5 nitrogen and oxygen atoms in total. The number of rotatable bonds is 3. The number of carbonyl (C=O) groups excluding carboxylic acids is 1. The molecule has 0 amide bonds. The van der Waals surface area contributed by atoms with E-state index in [1.165, 1.54) is 7.11 Å². The second-order valence-corrected chi connectivity index (χ2v) is 3.76. The third-order valence-corrected chi connectivity index (χ3v) is 2.31. The van der Waals surface area contributed by atoms with E-state index in [-0.39, 0.29) is 5.71 Å². The maximum atomic E-state index is 11.2. The molecule has 1 N–H and O–H groups in total. The van der Waals surface area contributed by atoms with E-state index in [0.717, 1.165) is 5.69 Å². The van der Waals surface area contributed by atoms with Crippen molar-refractivity contribution in [2.24, 2.45) is 4.99 Å². The maximum absolute atomic E-state index is 11.2. The number of nitrogens with zero attached hydrogens (tertiary/aromatic N) is 2. The molecule has 16 heavy (non-hydrogen) atoms. The summed E-state index contributed by atoms with van der Waals surface area (Å²) in [4.78, 5) is 19.4. The molecule has 0 unspecified atom stereocenters. The number of hydrogen-bond donors (Lipinski definition) is 1. The minimum atomic E-state index is -0.469. The van der Waals surface area contributed by atoms with Crippen molar-refractivity contribution < 1.29 is 9.53 Å². The summed E-state index contributed by atoms with van der Waals surface area (Å²) in [6.07, 6.45) is 0. The van der Waals surface area contributed by atoms with Gasteiger partial charge in [0, 0.05) is 7.05 Å². The Bertz CT molecular complexity index is 432. The van der Waals surface area contributed by atoms with Gasteiger partial charge in [0.15, 0.2) is 5.82 Å². The second-order valence-electron chi connectivity index (χ2n) is 2.94. The zero-order chi connectivity index (χ0) is 12.1. The normalized spacial score (nSPS) is 11.1. The molecule has 1 aromatic heterocycles. The van der Waals surface area contributed by atoms with Crippen molar-refractivity contribution in [3.63, 3.8) is 0 Å². The topological polar surface area (TPSA) is 63.6 Å². The highest BCUT2D eigenvalue weighted by molar-refractivity contribution is 9.10. The van der Waals surface area contributed by atoms with Crippen LogP contribution in [0.15, 0.2) is 21.7 Å². The van der Waals surface area contributed by atoms with E-state index in [0.29, 0.717) is 10.4 Å². The first-order chi connectivity index (χ1) is 7.58. The third kappa shape index (κ3) is 3.03. The molecular weight excluding hydrogens is 274 g/mol. The molecule has 0 aromatic carbocycles. The van der Waals surface area contributed by atoms with Crippen LogP contribution in [0.25, 0.3) is 0 Å². The van der Waals surface area contributed by atoms with Crippen molar-refractivity contribution in [2.75, 3.05) is 19.5 Å². The summed E-state index contributed by atoms with van der Waals surface area (Å²) < 4.78 is 5.21. The van der Waals surface area contributed by atoms with Crippen molar-refractivity contribution in [3.8, 4) is 0 Å². The Labute approximate surface area is 102 Å². The smallest absolute Gasteiger partial charge is 0.352 e. The molecule has 0 aliphatic rings. The number of anilines is 1. The fourth-order valence-electron chi connectivity index (χ4n) is 1.06. The number of methoxy groups -OCH3 is 1. The van der Waals surface area contributed by atoms with Gasteiger partial charge in [0.1, 0.15) is 10.3 Å². The molecule has 1 rings (SSSR count). The van der Waals surface area contributed by atoms with Crippen LogP contribution >= 0.6 is 15.9 Å². The lowest BCUT2D eigenvalue weighted by Crippen LogP contribution is -2.11. The summed E-state index contributed by atoms with van der Waals surface area (Å²) >= 11 is 3.25. The van der Waals surface area contributed by atoms with Gasteiger partial charge in [-0.15, -0.1) is 0 Å². The Hall–Kier alpha value is -1.43. The maximum Gasteiger partial charge on any atom is 0.352 e. The van der Waals surface area contributed by atoms with Crippen molar-refractivity contribution in [1.82, 2.24) is 4.98 Å². The summed E-state index contributed by atoms with van der Waals surface area (Å²) in [7, 11) is 3.08. The molecule has 0 fully saturated rings. The fraction of sp³-hybridized carbons (Fsp3) is 0.300. The van der Waals surface area contributed by atoms with Gasteiger partial charge in [-0.1, -0.05) is 0 Å². The third-order valence-electron chi connectivity index (χ3n) is 1.86. The van der Waals surface area contributed by atoms with Gasteiger partial charge in [0.2, 0.25) is 0 Å². The molecule has 0 spiro atoms. The first-order valence-electron chi connectivity index (χ1n) is 4.56. The number of nitrogens with one attached hydrogen (secondary N) is 1. The van der Waals surface area contributed by atoms with Gasteiger partial charge in [0.25, 0.3) is 0 Å². The number of ether oxygens (including phenoxy) is 1. The Balaban J connectivity index is 3.12. The minimum Gasteiger partial charge on any atom is -0.465 e. The molecule has 0 saturated carbocycles. The van der Waals surface area contributed by atoms with Crippen molar-refractivity contribution in [1.29, 1.82) is 0 Å². The highest BCUT2D eigenvalue weighted by Gasteiger charge is 2.08. The first kappa shape index (κ1) is 12.6. The summed E-state index contributed by atoms with van der Waals surface area (Å²) in [5, 5.41) is 2.94. The predicted molar refractivity (Wildman–Crippen MR) is 66.3 cm³/mol. The molecular formula is C10H12BrN3O2. The monoisotopic (exact) mass is 285 g/mol. The first-order valence-corrected chi connectivity index (χ1v) is 5.35. The number of halogens is 1. The SMILES string of the molecule is CNc1ccc(Br)nc1N=C(C)C(=O)OC. The van der Waals surface area contributed by atoms with Crippen molar-refractivity contribution in [3.05, 3.63) is 16.7 Å². The van der Waals surface area contributed by atoms with Gasteiger partial charge in [0.05, 0.1) is 12.8 Å². The molecule has 0 saturated heterocycles. The van der Waals surface area contributed by atoms with Gasteiger partial charge in [-0.25, -0.2) is 14.8 Å². The van der Waals surface area contributed by atoms with Crippen LogP contribution < -0.4 is 5.32 Å². The zero-order valence-electron chi connectivity index (χ0n) is 9.24. The molecule has 0 bridgehead atoms. The Kier molecular flexibility index (Phi) is 4.42. The Morgan fingerprint density at radius 3 is 2.81 bits per heavy atom. The van der Waals surface area contributed by atoms with Crippen LogP contribution in [-0.2, 0) is 9.53 Å². The summed E-state index contributed by atoms with van der Waals surface area (Å²) in [5.41, 5.74) is 0.996. The van der Waals surface area contributed by atoms with Crippen molar-refractivity contribution >= 4 is 39.1 Å². The predicted octanol–water partition coefficient (Wildman–Crippen LogP) is 2.15. The number of hydrogen-bond acceptors (Lipinski definition) is 5. The Morgan fingerprint density at radius 2 is 2.25 bits per heavy atom. The minimum absolute atomic E-state index is 0.254. The zero-order valence-corrected chi connectivity index (χ0v) is 10.8. The van der Waals surface area contributed by atoms with Gasteiger partial charge >= 0.3 is 5.97 Å². The van der Waals surface area contributed by atoms with E-state index in [1.54, 1.807) is 20.0 Å². The summed E-state index contributed by atoms with van der Waals surface area (Å²) in [5.74, 6) is -0.0244. The quantitative estimate of drug-likeness (QED) is 0.525. The highest BCUT2D eigenvalue weighted by Crippen LogP contribution is 2.24. The van der Waals surface area contributed by atoms with E-state index in [4.69, 9.17) is 0 Å². The number of aliphatic imine (C=N–C) groups is 1. The van der Waals surface area contributed by atoms with Crippen LogP contribution in [0.3, 0.4) is 0 Å². The largest absolute Gasteiger partial charge is 0.465 e. The van der Waals surface area contributed by atoms with Gasteiger partial charge in [-0.05, 0) is 35.0 Å². The van der Waals surface area contributed by atoms with Gasteiger partial charge in [-0.2, -0.15) is 0 Å². The number of esters is 1. The van der Waals surface area contributed by atoms with Crippen LogP contribution in [-0.4, -0.2) is 30.8 Å². The lowest BCUT2D eigenvalue weighted by atomic mass is 10.3. The summed E-state index contributed by atoms with van der Waals surface area (Å²) in [6.45, 7) is 1.58. The van der Waals surface area contributed by atoms with E-state index < -0.39 is 5.97 Å². The van der Waals surface area contributed by atoms with Crippen molar-refractivity contribution in [2.45, 2.75) is 6.92 Å². The van der Waals surface area contributed by atoms with Crippen LogP contribution in [0.5, 0.6) is 0 Å². The van der Waals surface area contributed by atoms with Crippen LogP contribution in [0.2, 0.25) is 0 Å². The molecule has 0 radical (unpaired) electrons. The molecule has 0 aliphatic carbocycles. The van der Waals surface area contributed by atoms with Crippen LogP contribution in [0.1, 0.15) is 6.92 Å². The number of carbonyl (C=O) groups is 1. The molecule has 6 heteroatoms. The van der Waals surface area contributed by atoms with E-state index >= 15 is 0 Å². The average molecular weight is 286 g/mol. The Morgan fingerprint density at radius 1 is 1.56 bits per heavy atom. The number of pyridine rings is 1. The van der Waals surface area contributed by atoms with E-state index in [9.17, 15) is 4.79 Å². The standard InChI is InChI=1S/C10H12BrN3O2/c1-6(10(15)16-3)13-9-7(12-2)4-5-8(11)14-9/h4-5,12H,1-3H3. The van der Waals surface area contributed by atoms with Crippen LogP contribution in [0.4, 0.5) is 11.5 Å². The average Bonchev–Trinajstić information content (AvgIpc) is 2.28. The lowest BCUT2D eigenvalue weighted by molar-refractivity contribution is -0.132. The summed E-state index contributed by atoms with van der Waals surface area (Å²) in [6, 6.07) is 3.61. The second kappa shape index (κ2) is 5.60. The molecule has 0 aliphatic heterocycles. The molecule has 0 atom stereocenters. The van der Waals surface area contributed by atoms with Gasteiger partial charge in [-0.3, -0.25) is 0 Å². The molecule has 1 aromatic rings. The van der Waals surface area contributed by atoms with E-state index in [2.05, 4.69) is 36.0 Å². The lowest BCUT2D eigenvalue weighted by Gasteiger charge is -2.05. The van der Waals surface area contributed by atoms with Crippen LogP contribution in [0, 0.1) is 0 Å². The number of aromatic nitrogens is 1. The van der Waals surface area contributed by atoms with Gasteiger partial charge < -0.3 is 10.1 Å². The molecule has 1 heterocycles.